The number of carbonyl (C=O) groups excluding carboxylic acids is 1. The number of rotatable bonds is 4. The smallest absolute Gasteiger partial charge is 0.330 e. The maximum Gasteiger partial charge on any atom is 0.330 e. The molecule has 138 valence electrons. The van der Waals surface area contributed by atoms with Crippen LogP contribution < -0.4 is 11.2 Å². The predicted molar refractivity (Wildman–Crippen MR) is 84.9 cm³/mol. The lowest BCUT2D eigenvalue weighted by molar-refractivity contribution is -0.203. The quantitative estimate of drug-likeness (QED) is 0.767. The average Bonchev–Trinajstić information content (AvgIpc) is 2.98. The Balaban J connectivity index is 1.84. The summed E-state index contributed by atoms with van der Waals surface area (Å²) in [5.74, 6) is -1.46. The summed E-state index contributed by atoms with van der Waals surface area (Å²) in [7, 11) is 0. The molecule has 2 saturated heterocycles. The molecule has 0 aromatic carbocycles. The van der Waals surface area contributed by atoms with Crippen molar-refractivity contribution in [3.8, 4) is 0 Å². The number of carbonyl (C=O) groups is 1. The lowest BCUT2D eigenvalue weighted by atomic mass is 10.1. The van der Waals surface area contributed by atoms with Crippen LogP contribution in [0.5, 0.6) is 0 Å². The average molecular weight is 354 g/mol. The number of nitrogens with zero attached hydrogens (tertiary/aromatic N) is 1. The molecule has 0 spiro atoms. The second-order valence-corrected chi connectivity index (χ2v) is 6.93. The number of ether oxygens (including phenoxy) is 4. The molecule has 1 N–H and O–H groups in total. The first-order chi connectivity index (χ1) is 11.7. The van der Waals surface area contributed by atoms with Gasteiger partial charge in [-0.1, -0.05) is 13.8 Å². The molecular formula is C16H22N2O7. The first-order valence-electron chi connectivity index (χ1n) is 8.17. The Morgan fingerprint density at radius 2 is 2.00 bits per heavy atom. The summed E-state index contributed by atoms with van der Waals surface area (Å²) in [5, 5.41) is 0. The zero-order valence-electron chi connectivity index (χ0n) is 14.6. The van der Waals surface area contributed by atoms with E-state index in [0.29, 0.717) is 0 Å². The highest BCUT2D eigenvalue weighted by Crippen LogP contribution is 2.42. The molecule has 25 heavy (non-hydrogen) atoms. The van der Waals surface area contributed by atoms with E-state index in [1.54, 1.807) is 27.7 Å². The molecule has 1 aromatic heterocycles. The van der Waals surface area contributed by atoms with Gasteiger partial charge in [-0.05, 0) is 13.8 Å². The van der Waals surface area contributed by atoms with E-state index in [-0.39, 0.29) is 18.5 Å². The van der Waals surface area contributed by atoms with Gasteiger partial charge in [-0.15, -0.1) is 0 Å². The summed E-state index contributed by atoms with van der Waals surface area (Å²) in [6.07, 6.45) is -1.10. The van der Waals surface area contributed by atoms with Gasteiger partial charge in [0.1, 0.15) is 24.9 Å². The number of esters is 1. The molecule has 9 nitrogen and oxygen atoms in total. The molecule has 0 aliphatic carbocycles. The molecule has 0 amide bonds. The van der Waals surface area contributed by atoms with Crippen molar-refractivity contribution in [1.82, 2.24) is 9.55 Å². The van der Waals surface area contributed by atoms with Crippen LogP contribution in [0.3, 0.4) is 0 Å². The Bertz CT molecular complexity index is 766. The minimum Gasteiger partial charge on any atom is -0.463 e. The molecule has 2 unspecified atom stereocenters. The van der Waals surface area contributed by atoms with Gasteiger partial charge in [-0.3, -0.25) is 19.1 Å². The highest BCUT2D eigenvalue weighted by Gasteiger charge is 2.56. The van der Waals surface area contributed by atoms with Crippen molar-refractivity contribution in [2.24, 2.45) is 5.92 Å². The van der Waals surface area contributed by atoms with Crippen molar-refractivity contribution < 1.29 is 23.7 Å². The molecule has 0 bridgehead atoms. The molecule has 9 heteroatoms. The zero-order valence-corrected chi connectivity index (χ0v) is 14.6. The molecule has 2 fully saturated rings. The van der Waals surface area contributed by atoms with Gasteiger partial charge in [-0.2, -0.15) is 0 Å². The number of hydrogen-bond donors (Lipinski definition) is 1. The van der Waals surface area contributed by atoms with E-state index in [1.165, 1.54) is 16.8 Å². The van der Waals surface area contributed by atoms with Gasteiger partial charge >= 0.3 is 11.7 Å². The van der Waals surface area contributed by atoms with Crippen molar-refractivity contribution in [1.29, 1.82) is 0 Å². The van der Waals surface area contributed by atoms with Crippen LogP contribution in [-0.2, 0) is 23.7 Å². The van der Waals surface area contributed by atoms with Crippen molar-refractivity contribution >= 4 is 5.97 Å². The number of aromatic amines is 1. The van der Waals surface area contributed by atoms with E-state index >= 15 is 0 Å². The lowest BCUT2D eigenvalue weighted by Gasteiger charge is -2.24. The largest absolute Gasteiger partial charge is 0.463 e. The molecule has 3 heterocycles. The minimum absolute atomic E-state index is 0.00771. The molecule has 2 aliphatic heterocycles. The van der Waals surface area contributed by atoms with Crippen LogP contribution in [-0.4, -0.2) is 46.2 Å². The summed E-state index contributed by atoms with van der Waals surface area (Å²) in [5.41, 5.74) is -1.11. The van der Waals surface area contributed by atoms with Gasteiger partial charge in [0.15, 0.2) is 12.0 Å². The topological polar surface area (TPSA) is 109 Å². The lowest BCUT2D eigenvalue weighted by Crippen LogP contribution is -2.37. The van der Waals surface area contributed by atoms with E-state index in [4.69, 9.17) is 18.9 Å². The predicted octanol–water partition coefficient (Wildman–Crippen LogP) is 0.153. The standard InChI is InChI=1S/C16H22N2O7/c1-8(2)14(20)22-7-9-11-12(25-16(3,4)24-11)13(23-9)18-6-5-10(19)17-15(18)21/h5-6,8-9,11-13H,7H2,1-4H3,(H,17,19,21)/t9-,11?,12?,13-/m1/s1. The van der Waals surface area contributed by atoms with Crippen molar-refractivity contribution in [3.05, 3.63) is 33.1 Å². The van der Waals surface area contributed by atoms with Crippen molar-refractivity contribution in [2.45, 2.75) is 58.0 Å². The summed E-state index contributed by atoms with van der Waals surface area (Å²) >= 11 is 0. The van der Waals surface area contributed by atoms with Crippen LogP contribution >= 0.6 is 0 Å². The first-order valence-corrected chi connectivity index (χ1v) is 8.17. The van der Waals surface area contributed by atoms with E-state index in [1.807, 2.05) is 0 Å². The normalized spacial score (nSPS) is 30.4. The number of aromatic nitrogens is 2. The molecule has 2 aliphatic rings. The first kappa shape index (κ1) is 17.8. The molecule has 3 rings (SSSR count). The van der Waals surface area contributed by atoms with E-state index in [0.717, 1.165) is 0 Å². The number of nitrogens with one attached hydrogen (secondary N) is 1. The highest BCUT2D eigenvalue weighted by molar-refractivity contribution is 5.71. The Morgan fingerprint density at radius 3 is 2.64 bits per heavy atom. The molecule has 0 saturated carbocycles. The van der Waals surface area contributed by atoms with E-state index in [2.05, 4.69) is 4.98 Å². The summed E-state index contributed by atoms with van der Waals surface area (Å²) in [6.45, 7) is 6.99. The third-order valence-corrected chi connectivity index (χ3v) is 4.11. The third kappa shape index (κ3) is 3.53. The van der Waals surface area contributed by atoms with Gasteiger partial charge in [0.25, 0.3) is 5.56 Å². The molecular weight excluding hydrogens is 332 g/mol. The van der Waals surface area contributed by atoms with Crippen LogP contribution in [0, 0.1) is 5.92 Å². The molecule has 1 aromatic rings. The fourth-order valence-electron chi connectivity index (χ4n) is 2.98. The Morgan fingerprint density at radius 1 is 1.32 bits per heavy atom. The van der Waals surface area contributed by atoms with Crippen LogP contribution in [0.2, 0.25) is 0 Å². The second kappa shape index (κ2) is 6.40. The summed E-state index contributed by atoms with van der Waals surface area (Å²) < 4.78 is 24.1. The zero-order chi connectivity index (χ0) is 18.4. The number of fused-ring (bicyclic) bond motifs is 1. The fraction of sp³-hybridized carbons (Fsp3) is 0.688. The van der Waals surface area contributed by atoms with Crippen molar-refractivity contribution in [2.75, 3.05) is 6.61 Å². The highest BCUT2D eigenvalue weighted by atomic mass is 16.8. The third-order valence-electron chi connectivity index (χ3n) is 4.11. The van der Waals surface area contributed by atoms with Gasteiger partial charge in [0.05, 0.1) is 5.92 Å². The maximum absolute atomic E-state index is 12.1. The van der Waals surface area contributed by atoms with Gasteiger partial charge in [-0.25, -0.2) is 4.79 Å². The number of H-pyrrole nitrogens is 1. The van der Waals surface area contributed by atoms with E-state index < -0.39 is 41.6 Å². The van der Waals surface area contributed by atoms with Crippen molar-refractivity contribution in [3.63, 3.8) is 0 Å². The van der Waals surface area contributed by atoms with Crippen LogP contribution in [0.4, 0.5) is 0 Å². The SMILES string of the molecule is CC(C)C(=O)OC[C@H]1O[C@@H](n2ccc(=O)[nH]c2=O)C2OC(C)(C)OC21. The van der Waals surface area contributed by atoms with Gasteiger partial charge in [0.2, 0.25) is 0 Å². The fourth-order valence-corrected chi connectivity index (χ4v) is 2.98. The second-order valence-electron chi connectivity index (χ2n) is 6.93. The van der Waals surface area contributed by atoms with Crippen LogP contribution in [0.25, 0.3) is 0 Å². The summed E-state index contributed by atoms with van der Waals surface area (Å²) in [4.78, 5) is 37.3. The van der Waals surface area contributed by atoms with Crippen LogP contribution in [0.1, 0.15) is 33.9 Å². The van der Waals surface area contributed by atoms with Gasteiger partial charge < -0.3 is 18.9 Å². The Hall–Kier alpha value is -1.97. The number of hydrogen-bond acceptors (Lipinski definition) is 7. The maximum atomic E-state index is 12.1. The minimum atomic E-state index is -0.858. The van der Waals surface area contributed by atoms with Gasteiger partial charge in [0, 0.05) is 12.3 Å². The molecule has 4 atom stereocenters. The molecule has 0 radical (unpaired) electrons. The monoisotopic (exact) mass is 354 g/mol. The Kier molecular flexibility index (Phi) is 4.56. The van der Waals surface area contributed by atoms with Crippen LogP contribution in [0.15, 0.2) is 21.9 Å². The Labute approximate surface area is 143 Å². The summed E-state index contributed by atoms with van der Waals surface area (Å²) in [6, 6.07) is 1.23. The van der Waals surface area contributed by atoms with E-state index in [9.17, 15) is 14.4 Å².